The van der Waals surface area contributed by atoms with Gasteiger partial charge in [-0.05, 0) is 30.7 Å². The van der Waals surface area contributed by atoms with Crippen LogP contribution in [0.2, 0.25) is 0 Å². The van der Waals surface area contributed by atoms with Crippen molar-refractivity contribution < 1.29 is 8.94 Å². The average molecular weight is 334 g/mol. The predicted octanol–water partition coefficient (Wildman–Crippen LogP) is 3.53. The van der Waals surface area contributed by atoms with Gasteiger partial charge >= 0.3 is 0 Å². The van der Waals surface area contributed by atoms with Crippen LogP contribution < -0.4 is 5.73 Å². The summed E-state index contributed by atoms with van der Waals surface area (Å²) in [6.07, 6.45) is 0. The zero-order valence-electron chi connectivity index (χ0n) is 10.8. The van der Waals surface area contributed by atoms with Crippen LogP contribution in [0.15, 0.2) is 43.7 Å². The van der Waals surface area contributed by atoms with Gasteiger partial charge in [-0.15, -0.1) is 0 Å². The summed E-state index contributed by atoms with van der Waals surface area (Å²) in [5.74, 6) is 2.07. The number of aryl methyl sites for hydroxylation is 1. The fraction of sp³-hybridized carbons (Fsp3) is 0.143. The third-order valence-corrected chi connectivity index (χ3v) is 3.78. The van der Waals surface area contributed by atoms with Crippen molar-refractivity contribution in [3.8, 4) is 23.0 Å². The molecule has 0 aliphatic heterocycles. The van der Waals surface area contributed by atoms with Crippen LogP contribution in [0.1, 0.15) is 11.3 Å². The van der Waals surface area contributed by atoms with Crippen LogP contribution in [-0.4, -0.2) is 10.1 Å². The first-order valence-corrected chi connectivity index (χ1v) is 6.86. The summed E-state index contributed by atoms with van der Waals surface area (Å²) in [5.41, 5.74) is 7.53. The molecule has 0 radical (unpaired) electrons. The lowest BCUT2D eigenvalue weighted by molar-refractivity contribution is 0.412. The van der Waals surface area contributed by atoms with Crippen LogP contribution in [0.3, 0.4) is 0 Å². The molecule has 20 heavy (non-hydrogen) atoms. The Hall–Kier alpha value is -1.92. The van der Waals surface area contributed by atoms with E-state index in [-0.39, 0.29) is 0 Å². The molecule has 5 nitrogen and oxygen atoms in total. The van der Waals surface area contributed by atoms with Gasteiger partial charge in [0, 0.05) is 10.0 Å². The lowest BCUT2D eigenvalue weighted by Gasteiger charge is -1.99. The highest BCUT2D eigenvalue weighted by Crippen LogP contribution is 2.26. The SMILES string of the molecule is Cc1ccc(-c2noc(-c3ccc(CN)o3)n2)cc1Br. The van der Waals surface area contributed by atoms with Crippen molar-refractivity contribution in [1.29, 1.82) is 0 Å². The van der Waals surface area contributed by atoms with Crippen molar-refractivity contribution in [2.45, 2.75) is 13.5 Å². The summed E-state index contributed by atoms with van der Waals surface area (Å²) in [6, 6.07) is 9.46. The lowest BCUT2D eigenvalue weighted by Crippen LogP contribution is -1.92. The molecule has 0 fully saturated rings. The smallest absolute Gasteiger partial charge is 0.293 e. The van der Waals surface area contributed by atoms with Crippen LogP contribution in [0, 0.1) is 6.92 Å². The first kappa shape index (κ1) is 13.1. The average Bonchev–Trinajstić information content (AvgIpc) is 3.09. The maximum Gasteiger partial charge on any atom is 0.293 e. The van der Waals surface area contributed by atoms with Crippen molar-refractivity contribution >= 4 is 15.9 Å². The molecule has 0 saturated heterocycles. The van der Waals surface area contributed by atoms with Crippen LogP contribution in [0.4, 0.5) is 0 Å². The van der Waals surface area contributed by atoms with E-state index in [0.29, 0.717) is 29.8 Å². The Labute approximate surface area is 123 Å². The minimum atomic E-state index is 0.339. The Morgan fingerprint density at radius 3 is 2.80 bits per heavy atom. The van der Waals surface area contributed by atoms with Gasteiger partial charge in [-0.3, -0.25) is 0 Å². The summed E-state index contributed by atoms with van der Waals surface area (Å²) in [7, 11) is 0. The van der Waals surface area contributed by atoms with E-state index in [2.05, 4.69) is 26.1 Å². The van der Waals surface area contributed by atoms with E-state index in [1.165, 1.54) is 0 Å². The molecule has 0 atom stereocenters. The van der Waals surface area contributed by atoms with E-state index in [9.17, 15) is 0 Å². The van der Waals surface area contributed by atoms with Gasteiger partial charge in [0.2, 0.25) is 5.82 Å². The highest BCUT2D eigenvalue weighted by atomic mass is 79.9. The van der Waals surface area contributed by atoms with Crippen molar-refractivity contribution in [3.63, 3.8) is 0 Å². The Balaban J connectivity index is 1.95. The standard InChI is InChI=1S/C14H12BrN3O2/c1-8-2-3-9(6-11(8)15)13-17-14(20-18-13)12-5-4-10(7-16)19-12/h2-6H,7,16H2,1H3. The van der Waals surface area contributed by atoms with Gasteiger partial charge in [0.05, 0.1) is 6.54 Å². The van der Waals surface area contributed by atoms with E-state index in [0.717, 1.165) is 15.6 Å². The van der Waals surface area contributed by atoms with Gasteiger partial charge in [0.15, 0.2) is 5.76 Å². The summed E-state index contributed by atoms with van der Waals surface area (Å²) in [6.45, 7) is 2.36. The summed E-state index contributed by atoms with van der Waals surface area (Å²) in [4.78, 5) is 4.34. The minimum absolute atomic E-state index is 0.339. The number of furan rings is 1. The predicted molar refractivity (Wildman–Crippen MR) is 77.8 cm³/mol. The van der Waals surface area contributed by atoms with Gasteiger partial charge in [0.1, 0.15) is 5.76 Å². The van der Waals surface area contributed by atoms with Gasteiger partial charge in [-0.1, -0.05) is 33.2 Å². The quantitative estimate of drug-likeness (QED) is 0.793. The van der Waals surface area contributed by atoms with E-state index < -0.39 is 0 Å². The topological polar surface area (TPSA) is 78.1 Å². The maximum absolute atomic E-state index is 5.50. The van der Waals surface area contributed by atoms with Crippen molar-refractivity contribution in [2.75, 3.05) is 0 Å². The Morgan fingerprint density at radius 1 is 1.25 bits per heavy atom. The van der Waals surface area contributed by atoms with Crippen LogP contribution >= 0.6 is 15.9 Å². The molecule has 6 heteroatoms. The molecule has 3 rings (SSSR count). The number of benzene rings is 1. The summed E-state index contributed by atoms with van der Waals surface area (Å²) < 4.78 is 11.7. The van der Waals surface area contributed by atoms with E-state index >= 15 is 0 Å². The normalized spacial score (nSPS) is 10.9. The number of nitrogens with zero attached hydrogens (tertiary/aromatic N) is 2. The van der Waals surface area contributed by atoms with E-state index in [4.69, 9.17) is 14.7 Å². The maximum atomic E-state index is 5.50. The Morgan fingerprint density at radius 2 is 2.10 bits per heavy atom. The third kappa shape index (κ3) is 2.39. The minimum Gasteiger partial charge on any atom is -0.455 e. The summed E-state index contributed by atoms with van der Waals surface area (Å²) in [5, 5.41) is 3.97. The largest absolute Gasteiger partial charge is 0.455 e. The molecule has 1 aromatic carbocycles. The molecule has 0 saturated carbocycles. The van der Waals surface area contributed by atoms with Crippen molar-refractivity contribution in [1.82, 2.24) is 10.1 Å². The van der Waals surface area contributed by atoms with Gasteiger partial charge < -0.3 is 14.7 Å². The molecular formula is C14H12BrN3O2. The molecule has 0 aliphatic carbocycles. The van der Waals surface area contributed by atoms with Crippen molar-refractivity contribution in [3.05, 3.63) is 46.1 Å². The molecule has 0 unspecified atom stereocenters. The summed E-state index contributed by atoms with van der Waals surface area (Å²) >= 11 is 3.49. The number of halogens is 1. The second-order valence-electron chi connectivity index (χ2n) is 4.36. The first-order valence-electron chi connectivity index (χ1n) is 6.07. The zero-order valence-corrected chi connectivity index (χ0v) is 12.3. The lowest BCUT2D eigenvalue weighted by atomic mass is 10.1. The highest BCUT2D eigenvalue weighted by Gasteiger charge is 2.14. The molecular weight excluding hydrogens is 322 g/mol. The molecule has 0 amide bonds. The zero-order chi connectivity index (χ0) is 14.1. The molecule has 0 spiro atoms. The van der Waals surface area contributed by atoms with Gasteiger partial charge in [-0.2, -0.15) is 4.98 Å². The number of hydrogen-bond acceptors (Lipinski definition) is 5. The second kappa shape index (κ2) is 5.22. The fourth-order valence-corrected chi connectivity index (χ4v) is 2.15. The van der Waals surface area contributed by atoms with E-state index in [1.807, 2.05) is 25.1 Å². The van der Waals surface area contributed by atoms with Gasteiger partial charge in [0.25, 0.3) is 5.89 Å². The number of rotatable bonds is 3. The molecule has 0 bridgehead atoms. The highest BCUT2D eigenvalue weighted by molar-refractivity contribution is 9.10. The molecule has 3 aromatic rings. The molecule has 102 valence electrons. The monoisotopic (exact) mass is 333 g/mol. The number of aromatic nitrogens is 2. The molecule has 2 heterocycles. The Bertz CT molecular complexity index is 748. The molecule has 2 aromatic heterocycles. The van der Waals surface area contributed by atoms with E-state index in [1.54, 1.807) is 12.1 Å². The van der Waals surface area contributed by atoms with Crippen molar-refractivity contribution in [2.24, 2.45) is 5.73 Å². The van der Waals surface area contributed by atoms with Crippen LogP contribution in [-0.2, 0) is 6.54 Å². The Kier molecular flexibility index (Phi) is 3.42. The third-order valence-electron chi connectivity index (χ3n) is 2.93. The molecule has 0 aliphatic rings. The van der Waals surface area contributed by atoms with Crippen LogP contribution in [0.25, 0.3) is 23.0 Å². The van der Waals surface area contributed by atoms with Gasteiger partial charge in [-0.25, -0.2) is 0 Å². The van der Waals surface area contributed by atoms with Crippen LogP contribution in [0.5, 0.6) is 0 Å². The number of nitrogens with two attached hydrogens (primary N) is 1. The molecule has 2 N–H and O–H groups in total. The second-order valence-corrected chi connectivity index (χ2v) is 5.21. The first-order chi connectivity index (χ1) is 9.67. The fourth-order valence-electron chi connectivity index (χ4n) is 1.78. The number of hydrogen-bond donors (Lipinski definition) is 1.